The van der Waals surface area contributed by atoms with Gasteiger partial charge in [-0.25, -0.2) is 0 Å². The highest BCUT2D eigenvalue weighted by atomic mass is 16.5. The molecule has 0 saturated carbocycles. The first kappa shape index (κ1) is 10.7. The SMILES string of the molecule is C=C(C)COc1ccc(CCN)nc1. The van der Waals surface area contributed by atoms with Gasteiger partial charge in [0.2, 0.25) is 0 Å². The van der Waals surface area contributed by atoms with Crippen molar-refractivity contribution in [1.29, 1.82) is 0 Å². The molecule has 14 heavy (non-hydrogen) atoms. The van der Waals surface area contributed by atoms with E-state index in [-0.39, 0.29) is 0 Å². The second-order valence-electron chi connectivity index (χ2n) is 3.27. The van der Waals surface area contributed by atoms with Gasteiger partial charge in [0, 0.05) is 12.1 Å². The minimum atomic E-state index is 0.540. The molecule has 1 rings (SSSR count). The average Bonchev–Trinajstić information content (AvgIpc) is 2.17. The maximum absolute atomic E-state index is 5.41. The molecule has 0 fully saturated rings. The average molecular weight is 192 g/mol. The van der Waals surface area contributed by atoms with Crippen LogP contribution in [-0.4, -0.2) is 18.1 Å². The fraction of sp³-hybridized carbons (Fsp3) is 0.364. The van der Waals surface area contributed by atoms with Gasteiger partial charge in [-0.3, -0.25) is 4.98 Å². The summed E-state index contributed by atoms with van der Waals surface area (Å²) in [5.74, 6) is 0.772. The van der Waals surface area contributed by atoms with Crippen molar-refractivity contribution < 1.29 is 4.74 Å². The molecule has 0 aliphatic rings. The van der Waals surface area contributed by atoms with Crippen molar-refractivity contribution >= 4 is 0 Å². The first-order chi connectivity index (χ1) is 6.72. The molecule has 0 bridgehead atoms. The molecule has 0 aromatic carbocycles. The Kier molecular flexibility index (Phi) is 4.13. The van der Waals surface area contributed by atoms with Crippen LogP contribution < -0.4 is 10.5 Å². The van der Waals surface area contributed by atoms with Gasteiger partial charge in [0.25, 0.3) is 0 Å². The Hall–Kier alpha value is -1.35. The van der Waals surface area contributed by atoms with Crippen LogP contribution in [0.15, 0.2) is 30.5 Å². The van der Waals surface area contributed by atoms with E-state index in [0.717, 1.165) is 23.4 Å². The molecule has 0 spiro atoms. The minimum absolute atomic E-state index is 0.540. The topological polar surface area (TPSA) is 48.1 Å². The van der Waals surface area contributed by atoms with Crippen LogP contribution in [-0.2, 0) is 6.42 Å². The standard InChI is InChI=1S/C11H16N2O/c1-9(2)8-14-11-4-3-10(5-6-12)13-7-11/h3-4,7H,1,5-6,8,12H2,2H3. The summed E-state index contributed by atoms with van der Waals surface area (Å²) in [4.78, 5) is 4.21. The summed E-state index contributed by atoms with van der Waals surface area (Å²) in [6.45, 7) is 6.85. The molecule has 0 saturated heterocycles. The lowest BCUT2D eigenvalue weighted by atomic mass is 10.3. The maximum atomic E-state index is 5.41. The lowest BCUT2D eigenvalue weighted by Gasteiger charge is -2.05. The predicted octanol–water partition coefficient (Wildman–Crippen LogP) is 1.54. The predicted molar refractivity (Wildman–Crippen MR) is 57.3 cm³/mol. The van der Waals surface area contributed by atoms with E-state index < -0.39 is 0 Å². The number of aromatic nitrogens is 1. The zero-order chi connectivity index (χ0) is 10.4. The monoisotopic (exact) mass is 192 g/mol. The fourth-order valence-electron chi connectivity index (χ4n) is 0.999. The molecule has 2 N–H and O–H groups in total. The third-order valence-electron chi connectivity index (χ3n) is 1.68. The van der Waals surface area contributed by atoms with E-state index >= 15 is 0 Å². The van der Waals surface area contributed by atoms with Gasteiger partial charge in [0.05, 0.1) is 6.20 Å². The van der Waals surface area contributed by atoms with Gasteiger partial charge < -0.3 is 10.5 Å². The van der Waals surface area contributed by atoms with E-state index in [1.807, 2.05) is 19.1 Å². The Morgan fingerprint density at radius 1 is 1.57 bits per heavy atom. The van der Waals surface area contributed by atoms with Crippen LogP contribution in [0.1, 0.15) is 12.6 Å². The summed E-state index contributed by atoms with van der Waals surface area (Å²) in [7, 11) is 0. The Labute approximate surface area is 84.6 Å². The normalized spacial score (nSPS) is 9.86. The number of nitrogens with zero attached hydrogens (tertiary/aromatic N) is 1. The first-order valence-electron chi connectivity index (χ1n) is 4.64. The molecule has 1 aromatic rings. The summed E-state index contributed by atoms with van der Waals surface area (Å²) < 4.78 is 5.41. The van der Waals surface area contributed by atoms with Crippen LogP contribution in [0.3, 0.4) is 0 Å². The summed E-state index contributed by atoms with van der Waals surface area (Å²) >= 11 is 0. The molecular formula is C11H16N2O. The number of hydrogen-bond acceptors (Lipinski definition) is 3. The van der Waals surface area contributed by atoms with Gasteiger partial charge >= 0.3 is 0 Å². The van der Waals surface area contributed by atoms with Crippen molar-refractivity contribution in [2.45, 2.75) is 13.3 Å². The third kappa shape index (κ3) is 3.58. The second-order valence-corrected chi connectivity index (χ2v) is 3.27. The molecule has 0 aliphatic carbocycles. The molecule has 1 heterocycles. The van der Waals surface area contributed by atoms with Crippen molar-refractivity contribution in [3.63, 3.8) is 0 Å². The van der Waals surface area contributed by atoms with Crippen LogP contribution in [0.2, 0.25) is 0 Å². The van der Waals surface area contributed by atoms with E-state index in [1.165, 1.54) is 0 Å². The minimum Gasteiger partial charge on any atom is -0.488 e. The quantitative estimate of drug-likeness (QED) is 0.720. The highest BCUT2D eigenvalue weighted by molar-refractivity contribution is 5.20. The van der Waals surface area contributed by atoms with Gasteiger partial charge in [0.15, 0.2) is 0 Å². The molecule has 1 aromatic heterocycles. The van der Waals surface area contributed by atoms with Gasteiger partial charge in [-0.05, 0) is 31.2 Å². The van der Waals surface area contributed by atoms with Crippen molar-refractivity contribution in [1.82, 2.24) is 4.98 Å². The summed E-state index contributed by atoms with van der Waals surface area (Å²) in [6, 6.07) is 3.83. The first-order valence-corrected chi connectivity index (χ1v) is 4.64. The number of hydrogen-bond donors (Lipinski definition) is 1. The van der Waals surface area contributed by atoms with Crippen molar-refractivity contribution in [2.24, 2.45) is 5.73 Å². The lowest BCUT2D eigenvalue weighted by Crippen LogP contribution is -2.04. The van der Waals surface area contributed by atoms with Crippen molar-refractivity contribution in [3.8, 4) is 5.75 Å². The number of ether oxygens (including phenoxy) is 1. The van der Waals surface area contributed by atoms with E-state index in [4.69, 9.17) is 10.5 Å². The molecule has 0 radical (unpaired) electrons. The highest BCUT2D eigenvalue weighted by Crippen LogP contribution is 2.09. The molecule has 0 atom stereocenters. The summed E-state index contributed by atoms with van der Waals surface area (Å²) in [5, 5.41) is 0. The molecule has 0 amide bonds. The number of rotatable bonds is 5. The largest absolute Gasteiger partial charge is 0.488 e. The molecule has 76 valence electrons. The van der Waals surface area contributed by atoms with Gasteiger partial charge in [-0.15, -0.1) is 0 Å². The highest BCUT2D eigenvalue weighted by Gasteiger charge is 1.96. The van der Waals surface area contributed by atoms with Crippen LogP contribution in [0, 0.1) is 0 Å². The Balaban J connectivity index is 2.50. The van der Waals surface area contributed by atoms with Gasteiger partial charge in [-0.1, -0.05) is 6.58 Å². The number of pyridine rings is 1. The molecule has 3 heteroatoms. The van der Waals surface area contributed by atoms with Gasteiger partial charge in [0.1, 0.15) is 12.4 Å². The third-order valence-corrected chi connectivity index (χ3v) is 1.68. The summed E-state index contributed by atoms with van der Waals surface area (Å²) in [6.07, 6.45) is 2.52. The molecule has 0 unspecified atom stereocenters. The van der Waals surface area contributed by atoms with E-state index in [9.17, 15) is 0 Å². The Morgan fingerprint density at radius 3 is 2.86 bits per heavy atom. The zero-order valence-electron chi connectivity index (χ0n) is 8.49. The zero-order valence-corrected chi connectivity index (χ0v) is 8.49. The van der Waals surface area contributed by atoms with Crippen LogP contribution in [0.4, 0.5) is 0 Å². The Morgan fingerprint density at radius 2 is 2.36 bits per heavy atom. The van der Waals surface area contributed by atoms with Crippen LogP contribution in [0.25, 0.3) is 0 Å². The second kappa shape index (κ2) is 5.40. The smallest absolute Gasteiger partial charge is 0.138 e. The fourth-order valence-corrected chi connectivity index (χ4v) is 0.999. The molecular weight excluding hydrogens is 176 g/mol. The number of nitrogens with two attached hydrogens (primary N) is 1. The Bertz CT molecular complexity index is 293. The van der Waals surface area contributed by atoms with Crippen LogP contribution in [0.5, 0.6) is 5.75 Å². The molecule has 3 nitrogen and oxygen atoms in total. The maximum Gasteiger partial charge on any atom is 0.138 e. The van der Waals surface area contributed by atoms with Crippen LogP contribution >= 0.6 is 0 Å². The van der Waals surface area contributed by atoms with E-state index in [0.29, 0.717) is 13.2 Å². The van der Waals surface area contributed by atoms with E-state index in [1.54, 1.807) is 6.20 Å². The lowest BCUT2D eigenvalue weighted by molar-refractivity contribution is 0.351. The van der Waals surface area contributed by atoms with E-state index in [2.05, 4.69) is 11.6 Å². The summed E-state index contributed by atoms with van der Waals surface area (Å²) in [5.41, 5.74) is 7.41. The van der Waals surface area contributed by atoms with Crippen molar-refractivity contribution in [3.05, 3.63) is 36.2 Å². The van der Waals surface area contributed by atoms with Gasteiger partial charge in [-0.2, -0.15) is 0 Å². The molecule has 0 aliphatic heterocycles. The van der Waals surface area contributed by atoms with Crippen molar-refractivity contribution in [2.75, 3.05) is 13.2 Å².